The number of fused-ring (bicyclic) bond motifs is 1. The largest absolute Gasteiger partial charge is 0.340 e. The highest BCUT2D eigenvalue weighted by molar-refractivity contribution is 8.18. The van der Waals surface area contributed by atoms with Gasteiger partial charge in [-0.25, -0.2) is 0 Å². The Kier molecular flexibility index (Phi) is 7.09. The summed E-state index contributed by atoms with van der Waals surface area (Å²) in [5, 5.41) is 12.8. The molecule has 1 saturated heterocycles. The monoisotopic (exact) mass is 534 g/mol. The number of hydrogen-bond acceptors (Lipinski definition) is 5. The summed E-state index contributed by atoms with van der Waals surface area (Å²) in [4.78, 5) is 40.0. The van der Waals surface area contributed by atoms with Gasteiger partial charge in [0.15, 0.2) is 0 Å². The molecular formula is C31H26N4O3S. The SMILES string of the molecule is Cc1ccc(C)c(NC(=O)CN2C(=O)S/C(=C\c3c(C)n(Cc4ccccc4C#N)c4ccccc34)C2=O)c1. The van der Waals surface area contributed by atoms with Gasteiger partial charge < -0.3 is 9.88 Å². The van der Waals surface area contributed by atoms with E-state index in [2.05, 4.69) is 16.0 Å². The normalized spacial score (nSPS) is 14.3. The van der Waals surface area contributed by atoms with E-state index in [1.54, 1.807) is 12.1 Å². The Labute approximate surface area is 230 Å². The molecule has 0 saturated carbocycles. The number of carbonyl (C=O) groups is 3. The average molecular weight is 535 g/mol. The van der Waals surface area contributed by atoms with Gasteiger partial charge in [-0.05, 0) is 73.5 Å². The van der Waals surface area contributed by atoms with Gasteiger partial charge in [0.25, 0.3) is 11.1 Å². The number of aromatic nitrogens is 1. The van der Waals surface area contributed by atoms with Crippen molar-refractivity contribution in [2.24, 2.45) is 0 Å². The molecule has 0 atom stereocenters. The van der Waals surface area contributed by atoms with Crippen LogP contribution >= 0.6 is 11.8 Å². The predicted octanol–water partition coefficient (Wildman–Crippen LogP) is 6.16. The Morgan fingerprint density at radius 2 is 1.77 bits per heavy atom. The van der Waals surface area contributed by atoms with Crippen LogP contribution in [0.4, 0.5) is 10.5 Å². The molecule has 3 amide bonds. The molecule has 194 valence electrons. The van der Waals surface area contributed by atoms with Gasteiger partial charge in [-0.15, -0.1) is 0 Å². The number of nitrogens with one attached hydrogen (secondary N) is 1. The van der Waals surface area contributed by atoms with Gasteiger partial charge in [0.2, 0.25) is 5.91 Å². The molecule has 1 aromatic heterocycles. The van der Waals surface area contributed by atoms with E-state index in [9.17, 15) is 19.6 Å². The third kappa shape index (κ3) is 5.09. The summed E-state index contributed by atoms with van der Waals surface area (Å²) in [6.07, 6.45) is 1.73. The molecule has 1 N–H and O–H groups in total. The number of nitrogens with zero attached hydrogens (tertiary/aromatic N) is 3. The van der Waals surface area contributed by atoms with Crippen molar-refractivity contribution < 1.29 is 14.4 Å². The van der Waals surface area contributed by atoms with Gasteiger partial charge in [0.05, 0.1) is 16.5 Å². The van der Waals surface area contributed by atoms with Crippen molar-refractivity contribution in [3.63, 3.8) is 0 Å². The third-order valence-electron chi connectivity index (χ3n) is 6.86. The summed E-state index contributed by atoms with van der Waals surface area (Å²) >= 11 is 0.833. The zero-order chi connectivity index (χ0) is 27.7. The number of thioether (sulfide) groups is 1. The lowest BCUT2D eigenvalue weighted by Gasteiger charge is -2.14. The molecule has 0 bridgehead atoms. The molecule has 0 aliphatic carbocycles. The lowest BCUT2D eigenvalue weighted by atomic mass is 10.1. The lowest BCUT2D eigenvalue weighted by molar-refractivity contribution is -0.127. The molecule has 8 heteroatoms. The van der Waals surface area contributed by atoms with E-state index in [0.29, 0.717) is 17.8 Å². The molecule has 0 spiro atoms. The van der Waals surface area contributed by atoms with Gasteiger partial charge in [-0.2, -0.15) is 5.26 Å². The first-order valence-electron chi connectivity index (χ1n) is 12.4. The van der Waals surface area contributed by atoms with E-state index < -0.39 is 17.1 Å². The lowest BCUT2D eigenvalue weighted by Crippen LogP contribution is -2.36. The summed E-state index contributed by atoms with van der Waals surface area (Å²) in [5.74, 6) is -0.927. The maximum Gasteiger partial charge on any atom is 0.294 e. The Balaban J connectivity index is 1.43. The molecule has 1 aliphatic rings. The minimum Gasteiger partial charge on any atom is -0.340 e. The highest BCUT2D eigenvalue weighted by Crippen LogP contribution is 2.36. The number of carbonyl (C=O) groups excluding carboxylic acids is 3. The first-order valence-corrected chi connectivity index (χ1v) is 13.3. The number of anilines is 1. The van der Waals surface area contributed by atoms with Crippen LogP contribution in [0.3, 0.4) is 0 Å². The zero-order valence-electron chi connectivity index (χ0n) is 21.8. The van der Waals surface area contributed by atoms with E-state index in [-0.39, 0.29) is 11.4 Å². The van der Waals surface area contributed by atoms with E-state index in [0.717, 1.165) is 55.5 Å². The van der Waals surface area contributed by atoms with Crippen LogP contribution in [0.25, 0.3) is 17.0 Å². The van der Waals surface area contributed by atoms with E-state index in [1.165, 1.54) is 0 Å². The highest BCUT2D eigenvalue weighted by atomic mass is 32.2. The quantitative estimate of drug-likeness (QED) is 0.299. The van der Waals surface area contributed by atoms with Crippen molar-refractivity contribution >= 4 is 51.5 Å². The van der Waals surface area contributed by atoms with Crippen molar-refractivity contribution in [3.8, 4) is 6.07 Å². The van der Waals surface area contributed by atoms with Crippen molar-refractivity contribution in [2.75, 3.05) is 11.9 Å². The molecule has 2 heterocycles. The van der Waals surface area contributed by atoms with Crippen LogP contribution in [0.15, 0.2) is 71.6 Å². The Bertz CT molecular complexity index is 1730. The molecule has 1 fully saturated rings. The summed E-state index contributed by atoms with van der Waals surface area (Å²) in [5.41, 5.74) is 6.74. The smallest absolute Gasteiger partial charge is 0.294 e. The van der Waals surface area contributed by atoms with E-state index in [1.807, 2.05) is 81.4 Å². The number of imide groups is 1. The van der Waals surface area contributed by atoms with Gasteiger partial charge in [0.1, 0.15) is 6.54 Å². The molecular weight excluding hydrogens is 508 g/mol. The van der Waals surface area contributed by atoms with Crippen LogP contribution in [-0.2, 0) is 16.1 Å². The van der Waals surface area contributed by atoms with E-state index >= 15 is 0 Å². The van der Waals surface area contributed by atoms with Gasteiger partial charge >= 0.3 is 0 Å². The van der Waals surface area contributed by atoms with Gasteiger partial charge in [-0.1, -0.05) is 48.5 Å². The Morgan fingerprint density at radius 3 is 2.56 bits per heavy atom. The molecule has 39 heavy (non-hydrogen) atoms. The molecule has 7 nitrogen and oxygen atoms in total. The van der Waals surface area contributed by atoms with Crippen LogP contribution < -0.4 is 5.32 Å². The Hall–Kier alpha value is -4.61. The topological polar surface area (TPSA) is 95.2 Å². The number of hydrogen-bond donors (Lipinski definition) is 1. The van der Waals surface area contributed by atoms with Crippen LogP contribution in [0.5, 0.6) is 0 Å². The molecule has 3 aromatic carbocycles. The summed E-state index contributed by atoms with van der Waals surface area (Å²) in [7, 11) is 0. The zero-order valence-corrected chi connectivity index (χ0v) is 22.6. The number of amides is 3. The fourth-order valence-electron chi connectivity index (χ4n) is 4.75. The first-order chi connectivity index (χ1) is 18.8. The third-order valence-corrected chi connectivity index (χ3v) is 7.77. The van der Waals surface area contributed by atoms with Crippen LogP contribution in [0.1, 0.15) is 33.5 Å². The number of para-hydroxylation sites is 1. The fourth-order valence-corrected chi connectivity index (χ4v) is 5.57. The van der Waals surface area contributed by atoms with Gasteiger partial charge in [-0.3, -0.25) is 19.3 Å². The van der Waals surface area contributed by atoms with Crippen LogP contribution in [0.2, 0.25) is 0 Å². The van der Waals surface area contributed by atoms with Crippen molar-refractivity contribution in [2.45, 2.75) is 27.3 Å². The molecule has 5 rings (SSSR count). The second-order valence-electron chi connectivity index (χ2n) is 9.51. The Morgan fingerprint density at radius 1 is 1.03 bits per heavy atom. The average Bonchev–Trinajstić information content (AvgIpc) is 3.34. The number of nitriles is 1. The predicted molar refractivity (Wildman–Crippen MR) is 154 cm³/mol. The number of aryl methyl sites for hydroxylation is 2. The molecule has 0 unspecified atom stereocenters. The minimum atomic E-state index is -0.493. The van der Waals surface area contributed by atoms with Gasteiger partial charge in [0, 0.05) is 34.4 Å². The van der Waals surface area contributed by atoms with Crippen LogP contribution in [0, 0.1) is 32.1 Å². The standard InChI is InChI=1S/C31H26N4O3S/c1-19-12-13-20(2)26(14-19)33-29(36)18-35-30(37)28(39-31(35)38)15-25-21(3)34(27-11-7-6-10-24(25)27)17-23-9-5-4-8-22(23)16-32/h4-15H,17-18H2,1-3H3,(H,33,36)/b28-15-. The molecule has 1 aliphatic heterocycles. The first kappa shape index (κ1) is 26.0. The van der Waals surface area contributed by atoms with Crippen LogP contribution in [-0.4, -0.2) is 33.1 Å². The second-order valence-corrected chi connectivity index (χ2v) is 10.5. The highest BCUT2D eigenvalue weighted by Gasteiger charge is 2.36. The minimum absolute atomic E-state index is 0.267. The van der Waals surface area contributed by atoms with Crippen molar-refractivity contribution in [1.29, 1.82) is 5.26 Å². The fraction of sp³-hybridized carbons (Fsp3) is 0.161. The maximum absolute atomic E-state index is 13.3. The second kappa shape index (κ2) is 10.6. The maximum atomic E-state index is 13.3. The summed E-state index contributed by atoms with van der Waals surface area (Å²) in [6.45, 7) is 5.90. The summed E-state index contributed by atoms with van der Waals surface area (Å²) in [6, 6.07) is 23.3. The number of rotatable bonds is 6. The van der Waals surface area contributed by atoms with E-state index in [4.69, 9.17) is 0 Å². The summed E-state index contributed by atoms with van der Waals surface area (Å²) < 4.78 is 2.11. The van der Waals surface area contributed by atoms with Crippen molar-refractivity contribution in [3.05, 3.63) is 105 Å². The number of benzene rings is 3. The molecule has 4 aromatic rings. The molecule has 0 radical (unpaired) electrons. The van der Waals surface area contributed by atoms with Crippen molar-refractivity contribution in [1.82, 2.24) is 9.47 Å².